The number of allylic oxidation sites excluding steroid dienone is 1. The Morgan fingerprint density at radius 3 is 1.73 bits per heavy atom. The maximum atomic E-state index is 2.57. The lowest BCUT2D eigenvalue weighted by molar-refractivity contribution is 0.540. The molecule has 2 atom stereocenters. The molecule has 0 aromatic rings. The zero-order chi connectivity index (χ0) is 17.5. The van der Waals surface area contributed by atoms with E-state index in [1.54, 1.807) is 4.80 Å². The average Bonchev–Trinajstić information content (AvgIpc) is 2.36. The van der Waals surface area contributed by atoms with Crippen LogP contribution in [0.4, 0.5) is 0 Å². The Morgan fingerprint density at radius 1 is 0.955 bits per heavy atom. The molecule has 0 aromatic carbocycles. The van der Waals surface area contributed by atoms with Crippen LogP contribution in [0.5, 0.6) is 0 Å². The van der Waals surface area contributed by atoms with Gasteiger partial charge < -0.3 is 0 Å². The number of hydrogen-bond acceptors (Lipinski definition) is 1. The Bertz CT molecular complexity index is 311. The highest BCUT2D eigenvalue weighted by Gasteiger charge is 2.35. The minimum Gasteiger partial charge on any atom is -0.141 e. The second-order valence-corrected chi connectivity index (χ2v) is 10.0. The third kappa shape index (κ3) is 8.13. The first-order valence-electron chi connectivity index (χ1n) is 9.36. The summed E-state index contributed by atoms with van der Waals surface area (Å²) in [5, 5.41) is 0. The molecule has 0 nitrogen and oxygen atoms in total. The van der Waals surface area contributed by atoms with E-state index in [2.05, 4.69) is 87.1 Å². The van der Waals surface area contributed by atoms with E-state index >= 15 is 0 Å². The molecule has 0 N–H and O–H groups in total. The molecule has 0 aliphatic rings. The Labute approximate surface area is 146 Å². The molecule has 0 rings (SSSR count). The normalized spacial score (nSPS) is 16.3. The molecule has 0 radical (unpaired) electrons. The quantitative estimate of drug-likeness (QED) is 0.311. The number of rotatable bonds is 9. The average molecular weight is 324 g/mol. The van der Waals surface area contributed by atoms with Crippen LogP contribution in [0.15, 0.2) is 10.9 Å². The van der Waals surface area contributed by atoms with Gasteiger partial charge in [0.1, 0.15) is 0 Å². The van der Waals surface area contributed by atoms with E-state index in [4.69, 9.17) is 0 Å². The highest BCUT2D eigenvalue weighted by molar-refractivity contribution is 8.05. The van der Waals surface area contributed by atoms with E-state index in [1.165, 1.54) is 18.6 Å². The van der Waals surface area contributed by atoms with E-state index in [9.17, 15) is 0 Å². The summed E-state index contributed by atoms with van der Waals surface area (Å²) in [6.07, 6.45) is 5.18. The Kier molecular flexibility index (Phi) is 10.2. The topological polar surface area (TPSA) is 0 Å². The van der Waals surface area contributed by atoms with Crippen LogP contribution in [-0.2, 0) is 0 Å². The molecule has 130 valence electrons. The molecule has 0 amide bonds. The van der Waals surface area contributed by atoms with Crippen LogP contribution in [0.2, 0.25) is 11.6 Å². The Balaban J connectivity index is 5.56. The van der Waals surface area contributed by atoms with Crippen molar-refractivity contribution in [3.05, 3.63) is 10.9 Å². The largest absolute Gasteiger partial charge is 0.190 e. The summed E-state index contributed by atoms with van der Waals surface area (Å²) < 4.78 is 0. The van der Waals surface area contributed by atoms with Gasteiger partial charge in [-0.2, -0.15) is 0 Å². The number of unbranched alkanes of at least 4 members (excludes halogenated alkanes) is 1. The van der Waals surface area contributed by atoms with Crippen molar-refractivity contribution in [3.8, 4) is 0 Å². The molecule has 2 heteroatoms. The first-order valence-corrected chi connectivity index (χ1v) is 10.3. The molecular weight excluding hydrogens is 283 g/mol. The predicted octanol–water partition coefficient (Wildman–Crippen LogP) is 7.58. The summed E-state index contributed by atoms with van der Waals surface area (Å²) in [4.78, 5) is 1.66. The van der Waals surface area contributed by atoms with Crippen molar-refractivity contribution in [2.24, 2.45) is 17.3 Å². The smallest absolute Gasteiger partial charge is 0.141 e. The fourth-order valence-electron chi connectivity index (χ4n) is 2.82. The summed E-state index contributed by atoms with van der Waals surface area (Å²) in [6.45, 7) is 24.5. The van der Waals surface area contributed by atoms with Crippen LogP contribution in [0.25, 0.3) is 0 Å². The van der Waals surface area contributed by atoms with E-state index in [0.717, 1.165) is 23.5 Å². The molecule has 0 saturated carbocycles. The van der Waals surface area contributed by atoms with Crippen LogP contribution in [0.3, 0.4) is 0 Å². The summed E-state index contributed by atoms with van der Waals surface area (Å²) in [5.41, 5.74) is 0.264. The van der Waals surface area contributed by atoms with E-state index in [-0.39, 0.29) is 5.41 Å². The fourth-order valence-corrected chi connectivity index (χ4v) is 4.55. The second kappa shape index (κ2) is 10.1. The van der Waals surface area contributed by atoms with Crippen molar-refractivity contribution >= 4 is 18.5 Å². The van der Waals surface area contributed by atoms with Crippen LogP contribution in [-0.4, -0.2) is 12.5 Å². The fraction of sp³-hybridized carbons (Fsp3) is 0.900. The molecule has 0 aliphatic heterocycles. The molecule has 0 spiro atoms. The van der Waals surface area contributed by atoms with E-state index in [0.29, 0.717) is 6.71 Å². The molecule has 0 heterocycles. The highest BCUT2D eigenvalue weighted by Crippen LogP contribution is 2.41. The van der Waals surface area contributed by atoms with Crippen LogP contribution < -0.4 is 0 Å². The van der Waals surface area contributed by atoms with Crippen molar-refractivity contribution < 1.29 is 0 Å². The maximum absolute atomic E-state index is 2.57. The van der Waals surface area contributed by atoms with Crippen molar-refractivity contribution in [2.45, 2.75) is 93.7 Å². The third-order valence-electron chi connectivity index (χ3n) is 4.91. The van der Waals surface area contributed by atoms with Gasteiger partial charge >= 0.3 is 0 Å². The van der Waals surface area contributed by atoms with Crippen molar-refractivity contribution in [1.29, 1.82) is 0 Å². The molecule has 2 unspecified atom stereocenters. The van der Waals surface area contributed by atoms with Gasteiger partial charge in [0.05, 0.1) is 0 Å². The minimum absolute atomic E-state index is 0.264. The minimum atomic E-state index is 0.264. The summed E-state index contributed by atoms with van der Waals surface area (Å²) in [7, 11) is 0. The zero-order valence-corrected chi connectivity index (χ0v) is 17.8. The summed E-state index contributed by atoms with van der Waals surface area (Å²) in [6, 6.07) is 0. The summed E-state index contributed by atoms with van der Waals surface area (Å²) in [5.74, 6) is 4.22. The van der Waals surface area contributed by atoms with Crippen molar-refractivity contribution in [1.82, 2.24) is 0 Å². The van der Waals surface area contributed by atoms with E-state index < -0.39 is 0 Å². The second-order valence-electron chi connectivity index (χ2n) is 8.85. The lowest BCUT2D eigenvalue weighted by atomic mass is 9.31. The van der Waals surface area contributed by atoms with Gasteiger partial charge in [0, 0.05) is 0 Å². The lowest BCUT2D eigenvalue weighted by Gasteiger charge is -2.34. The SMILES string of the molecule is CCCCS/C(=C\C(C)(C)C)B(C(C)C(C)C)C(C)C(C)C. The number of hydrogen-bond donors (Lipinski definition) is 0. The summed E-state index contributed by atoms with van der Waals surface area (Å²) >= 11 is 2.13. The zero-order valence-electron chi connectivity index (χ0n) is 17.0. The molecule has 0 aliphatic carbocycles. The standard InChI is InChI=1S/C20H41BS/c1-11-12-13-22-19(14-20(8,9)10)21(17(6)15(2)3)18(7)16(4)5/h14-18H,11-13H2,1-10H3/b19-14-. The Morgan fingerprint density at radius 2 is 1.41 bits per heavy atom. The lowest BCUT2D eigenvalue weighted by Crippen LogP contribution is -2.32. The van der Waals surface area contributed by atoms with Crippen molar-refractivity contribution in [2.75, 3.05) is 5.75 Å². The van der Waals surface area contributed by atoms with Crippen molar-refractivity contribution in [3.63, 3.8) is 0 Å². The molecule has 0 aromatic heterocycles. The number of thioether (sulfide) groups is 1. The molecule has 22 heavy (non-hydrogen) atoms. The van der Waals surface area contributed by atoms with Gasteiger partial charge in [0.15, 0.2) is 6.71 Å². The molecule has 0 bridgehead atoms. The van der Waals surface area contributed by atoms with Gasteiger partial charge in [-0.25, -0.2) is 0 Å². The monoisotopic (exact) mass is 324 g/mol. The van der Waals surface area contributed by atoms with Gasteiger partial charge in [-0.1, -0.05) is 110 Å². The third-order valence-corrected chi connectivity index (χ3v) is 6.12. The van der Waals surface area contributed by atoms with E-state index in [1.807, 2.05) is 0 Å². The highest BCUT2D eigenvalue weighted by atomic mass is 32.2. The first kappa shape index (κ1) is 22.2. The van der Waals surface area contributed by atoms with Gasteiger partial charge in [-0.05, 0) is 17.6 Å². The van der Waals surface area contributed by atoms with Gasteiger partial charge in [-0.15, -0.1) is 11.8 Å². The van der Waals surface area contributed by atoms with Crippen LogP contribution >= 0.6 is 11.8 Å². The van der Waals surface area contributed by atoms with Gasteiger partial charge in [0.2, 0.25) is 0 Å². The van der Waals surface area contributed by atoms with Crippen LogP contribution in [0, 0.1) is 17.3 Å². The maximum Gasteiger partial charge on any atom is 0.190 e. The molecule has 0 fully saturated rings. The van der Waals surface area contributed by atoms with Gasteiger partial charge in [0.25, 0.3) is 0 Å². The molecular formula is C20H41BS. The Hall–Kier alpha value is 0.155. The first-order chi connectivity index (χ1) is 10.0. The predicted molar refractivity (Wildman–Crippen MR) is 109 cm³/mol. The molecule has 0 saturated heterocycles. The van der Waals surface area contributed by atoms with Gasteiger partial charge in [-0.3, -0.25) is 0 Å². The van der Waals surface area contributed by atoms with Crippen LogP contribution in [0.1, 0.15) is 82.1 Å².